The van der Waals surface area contributed by atoms with Crippen LogP contribution in [0.1, 0.15) is 21.7 Å². The molecule has 0 amide bonds. The molecule has 0 unspecified atom stereocenters. The van der Waals surface area contributed by atoms with E-state index < -0.39 is 5.82 Å². The fourth-order valence-corrected chi connectivity index (χ4v) is 2.02. The number of aldehydes is 1. The summed E-state index contributed by atoms with van der Waals surface area (Å²) in [5, 5.41) is 4.28. The summed E-state index contributed by atoms with van der Waals surface area (Å²) in [4.78, 5) is 10.7. The number of hydrogen-bond donors (Lipinski definition) is 0. The highest BCUT2D eigenvalue weighted by Crippen LogP contribution is 2.27. The Morgan fingerprint density at radius 1 is 1.29 bits per heavy atom. The highest BCUT2D eigenvalue weighted by Gasteiger charge is 2.13. The number of benzene rings is 1. The van der Waals surface area contributed by atoms with Crippen molar-refractivity contribution in [1.82, 2.24) is 9.78 Å². The Morgan fingerprint density at radius 2 is 2.00 bits per heavy atom. The summed E-state index contributed by atoms with van der Waals surface area (Å²) in [7, 11) is 1.84. The SMILES string of the molecule is Cc1nn(C)c(C)c1-c1cc(F)cc(C=O)c1. The molecule has 0 aliphatic rings. The van der Waals surface area contributed by atoms with Gasteiger partial charge in [-0.3, -0.25) is 9.48 Å². The number of aryl methyl sites for hydroxylation is 2. The van der Waals surface area contributed by atoms with Gasteiger partial charge in [-0.25, -0.2) is 4.39 Å². The summed E-state index contributed by atoms with van der Waals surface area (Å²) < 4.78 is 15.1. The Hall–Kier alpha value is -1.97. The predicted octanol–water partition coefficient (Wildman–Crippen LogP) is 2.66. The smallest absolute Gasteiger partial charge is 0.150 e. The fourth-order valence-electron chi connectivity index (χ4n) is 2.02. The maximum Gasteiger partial charge on any atom is 0.150 e. The van der Waals surface area contributed by atoms with Crippen molar-refractivity contribution in [1.29, 1.82) is 0 Å². The molecule has 1 aromatic heterocycles. The van der Waals surface area contributed by atoms with E-state index in [-0.39, 0.29) is 0 Å². The molecule has 17 heavy (non-hydrogen) atoms. The summed E-state index contributed by atoms with van der Waals surface area (Å²) in [6.07, 6.45) is 0.646. The average molecular weight is 232 g/mol. The summed E-state index contributed by atoms with van der Waals surface area (Å²) >= 11 is 0. The van der Waals surface area contributed by atoms with Gasteiger partial charge in [-0.15, -0.1) is 0 Å². The third kappa shape index (κ3) is 1.98. The Kier molecular flexibility index (Phi) is 2.79. The Labute approximate surface area is 98.9 Å². The van der Waals surface area contributed by atoms with E-state index in [0.717, 1.165) is 17.0 Å². The first-order valence-electron chi connectivity index (χ1n) is 5.29. The molecule has 1 aromatic carbocycles. The first kappa shape index (κ1) is 11.5. The second-order valence-electron chi connectivity index (χ2n) is 4.06. The minimum atomic E-state index is -0.410. The summed E-state index contributed by atoms with van der Waals surface area (Å²) in [6.45, 7) is 3.79. The third-order valence-electron chi connectivity index (χ3n) is 2.85. The Balaban J connectivity index is 2.67. The summed E-state index contributed by atoms with van der Waals surface area (Å²) in [5.74, 6) is -0.410. The topological polar surface area (TPSA) is 34.9 Å². The van der Waals surface area contributed by atoms with Crippen molar-refractivity contribution in [2.45, 2.75) is 13.8 Å². The van der Waals surface area contributed by atoms with E-state index >= 15 is 0 Å². The molecule has 0 aliphatic carbocycles. The molecule has 0 atom stereocenters. The molecule has 0 spiro atoms. The van der Waals surface area contributed by atoms with Crippen LogP contribution in [-0.2, 0) is 7.05 Å². The van der Waals surface area contributed by atoms with Gasteiger partial charge in [-0.1, -0.05) is 0 Å². The lowest BCUT2D eigenvalue weighted by Gasteiger charge is -2.04. The minimum absolute atomic E-state index is 0.336. The van der Waals surface area contributed by atoms with E-state index in [1.807, 2.05) is 20.9 Å². The molecule has 0 aliphatic heterocycles. The predicted molar refractivity (Wildman–Crippen MR) is 63.5 cm³/mol. The van der Waals surface area contributed by atoms with Crippen LogP contribution in [0.25, 0.3) is 11.1 Å². The number of aromatic nitrogens is 2. The van der Waals surface area contributed by atoms with E-state index in [2.05, 4.69) is 5.10 Å². The van der Waals surface area contributed by atoms with Crippen molar-refractivity contribution < 1.29 is 9.18 Å². The normalized spacial score (nSPS) is 10.6. The van der Waals surface area contributed by atoms with Gasteiger partial charge < -0.3 is 0 Å². The molecule has 0 saturated carbocycles. The zero-order chi connectivity index (χ0) is 12.6. The first-order chi connectivity index (χ1) is 8.02. The second-order valence-corrected chi connectivity index (χ2v) is 4.06. The average Bonchev–Trinajstić information content (AvgIpc) is 2.52. The largest absolute Gasteiger partial charge is 0.298 e. The van der Waals surface area contributed by atoms with Crippen LogP contribution < -0.4 is 0 Å². The number of carbonyl (C=O) groups excluding carboxylic acids is 1. The number of halogens is 1. The van der Waals surface area contributed by atoms with E-state index in [0.29, 0.717) is 17.4 Å². The van der Waals surface area contributed by atoms with Crippen molar-refractivity contribution >= 4 is 6.29 Å². The van der Waals surface area contributed by atoms with Crippen LogP contribution in [0.5, 0.6) is 0 Å². The molecular weight excluding hydrogens is 219 g/mol. The molecule has 0 radical (unpaired) electrons. The monoisotopic (exact) mass is 232 g/mol. The van der Waals surface area contributed by atoms with E-state index in [9.17, 15) is 9.18 Å². The van der Waals surface area contributed by atoms with Crippen molar-refractivity contribution in [2.75, 3.05) is 0 Å². The number of carbonyl (C=O) groups is 1. The Morgan fingerprint density at radius 3 is 2.53 bits per heavy atom. The first-order valence-corrected chi connectivity index (χ1v) is 5.29. The highest BCUT2D eigenvalue weighted by molar-refractivity contribution is 5.80. The molecule has 0 N–H and O–H groups in total. The minimum Gasteiger partial charge on any atom is -0.298 e. The van der Waals surface area contributed by atoms with Crippen molar-refractivity contribution in [3.63, 3.8) is 0 Å². The zero-order valence-electron chi connectivity index (χ0n) is 9.99. The third-order valence-corrected chi connectivity index (χ3v) is 2.85. The number of hydrogen-bond acceptors (Lipinski definition) is 2. The molecule has 0 bridgehead atoms. The molecule has 2 rings (SSSR count). The molecular formula is C13H13FN2O. The number of rotatable bonds is 2. The molecule has 2 aromatic rings. The lowest BCUT2D eigenvalue weighted by molar-refractivity contribution is 0.112. The van der Waals surface area contributed by atoms with Crippen LogP contribution in [0.3, 0.4) is 0 Å². The van der Waals surface area contributed by atoms with Crippen LogP contribution in [-0.4, -0.2) is 16.1 Å². The molecule has 3 nitrogen and oxygen atoms in total. The molecule has 1 heterocycles. The highest BCUT2D eigenvalue weighted by atomic mass is 19.1. The van der Waals surface area contributed by atoms with Crippen LogP contribution in [0.4, 0.5) is 4.39 Å². The van der Waals surface area contributed by atoms with Crippen molar-refractivity contribution in [2.24, 2.45) is 7.05 Å². The van der Waals surface area contributed by atoms with Gasteiger partial charge in [0.15, 0.2) is 0 Å². The second kappa shape index (κ2) is 4.13. The molecule has 88 valence electrons. The van der Waals surface area contributed by atoms with Gasteiger partial charge in [-0.05, 0) is 37.6 Å². The lowest BCUT2D eigenvalue weighted by atomic mass is 10.0. The molecule has 0 fully saturated rings. The van der Waals surface area contributed by atoms with Crippen LogP contribution in [0.2, 0.25) is 0 Å². The van der Waals surface area contributed by atoms with Crippen molar-refractivity contribution in [3.8, 4) is 11.1 Å². The van der Waals surface area contributed by atoms with Crippen LogP contribution in [0.15, 0.2) is 18.2 Å². The zero-order valence-corrected chi connectivity index (χ0v) is 9.99. The Bertz CT molecular complexity index is 587. The van der Waals surface area contributed by atoms with E-state index in [1.165, 1.54) is 12.1 Å². The van der Waals surface area contributed by atoms with Gasteiger partial charge >= 0.3 is 0 Å². The summed E-state index contributed by atoms with van der Waals surface area (Å²) in [5.41, 5.74) is 3.69. The lowest BCUT2D eigenvalue weighted by Crippen LogP contribution is -1.93. The van der Waals surface area contributed by atoms with Crippen LogP contribution >= 0.6 is 0 Å². The van der Waals surface area contributed by atoms with Gasteiger partial charge in [0.2, 0.25) is 0 Å². The number of nitrogens with zero attached hydrogens (tertiary/aromatic N) is 2. The van der Waals surface area contributed by atoms with Gasteiger partial charge in [0.25, 0.3) is 0 Å². The van der Waals surface area contributed by atoms with Gasteiger partial charge in [0.1, 0.15) is 12.1 Å². The van der Waals surface area contributed by atoms with Gasteiger partial charge in [0, 0.05) is 23.9 Å². The van der Waals surface area contributed by atoms with Crippen molar-refractivity contribution in [3.05, 3.63) is 41.0 Å². The maximum absolute atomic E-state index is 13.4. The molecule has 4 heteroatoms. The summed E-state index contributed by atoms with van der Waals surface area (Å²) in [6, 6.07) is 4.31. The van der Waals surface area contributed by atoms with E-state index in [4.69, 9.17) is 0 Å². The maximum atomic E-state index is 13.4. The fraction of sp³-hybridized carbons (Fsp3) is 0.231. The van der Waals surface area contributed by atoms with Gasteiger partial charge in [-0.2, -0.15) is 5.10 Å². The van der Waals surface area contributed by atoms with Crippen LogP contribution in [0, 0.1) is 19.7 Å². The molecule has 0 saturated heterocycles. The van der Waals surface area contributed by atoms with Gasteiger partial charge in [0.05, 0.1) is 5.69 Å². The van der Waals surface area contributed by atoms with E-state index in [1.54, 1.807) is 10.7 Å². The quantitative estimate of drug-likeness (QED) is 0.746. The standard InChI is InChI=1S/C13H13FN2O/c1-8-13(9(2)16(3)15-8)11-4-10(7-17)5-12(14)6-11/h4-7H,1-3H3.